The van der Waals surface area contributed by atoms with E-state index in [4.69, 9.17) is 9.97 Å². The normalized spacial score (nSPS) is 11.6. The second-order valence-corrected chi connectivity index (χ2v) is 14.2. The number of fused-ring (bicyclic) bond motifs is 8. The van der Waals surface area contributed by atoms with E-state index >= 15 is 0 Å². The number of hydrogen-bond acceptors (Lipinski definition) is 2. The Bertz CT molecular complexity index is 3180. The Kier molecular flexibility index (Phi) is 7.17. The van der Waals surface area contributed by atoms with Gasteiger partial charge in [0.05, 0.1) is 22.4 Å². The predicted octanol–water partition coefficient (Wildman–Crippen LogP) is 13.7. The van der Waals surface area contributed by atoms with E-state index < -0.39 is 0 Å². The van der Waals surface area contributed by atoms with Crippen molar-refractivity contribution in [3.63, 3.8) is 0 Å². The third-order valence-electron chi connectivity index (χ3n) is 11.0. The summed E-state index contributed by atoms with van der Waals surface area (Å²) in [5.41, 5.74) is 10.8. The first-order valence-electron chi connectivity index (χ1n) is 18.7. The molecule has 0 unspecified atom stereocenters. The average Bonchev–Trinajstić information content (AvgIpc) is 3.61. The summed E-state index contributed by atoms with van der Waals surface area (Å²) in [4.78, 5) is 10.1. The monoisotopic (exact) mass is 699 g/mol. The summed E-state index contributed by atoms with van der Waals surface area (Å²) in [6, 6.07) is 71.6. The predicted molar refractivity (Wildman–Crippen MR) is 231 cm³/mol. The van der Waals surface area contributed by atoms with Crippen molar-refractivity contribution in [2.75, 3.05) is 0 Å². The van der Waals surface area contributed by atoms with Crippen molar-refractivity contribution in [3.05, 3.63) is 200 Å². The lowest BCUT2D eigenvalue weighted by Crippen LogP contribution is -1.97. The Hall–Kier alpha value is -7.36. The van der Waals surface area contributed by atoms with Gasteiger partial charge in [-0.2, -0.15) is 0 Å². The van der Waals surface area contributed by atoms with Gasteiger partial charge in [-0.3, -0.25) is 0 Å². The fraction of sp³-hybridized carbons (Fsp3) is 0. The summed E-state index contributed by atoms with van der Waals surface area (Å²) >= 11 is 0. The SMILES string of the molecule is c1ccc(-c2cc(-c3ccccc3)nc(-c3ccc(-n4c5ccccc5c5c6ccc(-c7ccc8c(ccc9ccccc98)c7)cc6ccc54)cc3)n2)cc1. The van der Waals surface area contributed by atoms with Gasteiger partial charge in [-0.05, 0) is 98.0 Å². The minimum absolute atomic E-state index is 0.704. The standard InChI is InChI=1S/C52H33N3/c1-3-12-35(13-4-1)47-33-48(36-14-5-2-6-15-36)54-52(53-47)37-21-26-42(27-22-37)55-49-18-10-9-17-46(49)51-45-29-24-39(32-41(45)25-30-50(51)55)38-23-28-44-40(31-38)20-19-34-11-7-8-16-43(34)44/h1-33H. The summed E-state index contributed by atoms with van der Waals surface area (Å²) < 4.78 is 2.38. The van der Waals surface area contributed by atoms with E-state index in [0.717, 1.165) is 33.8 Å². The lowest BCUT2D eigenvalue weighted by molar-refractivity contribution is 1.16. The third kappa shape index (κ3) is 5.28. The van der Waals surface area contributed by atoms with Gasteiger partial charge in [-0.1, -0.05) is 146 Å². The molecule has 0 aliphatic heterocycles. The van der Waals surface area contributed by atoms with E-state index in [2.05, 4.69) is 168 Å². The van der Waals surface area contributed by atoms with Gasteiger partial charge in [0.2, 0.25) is 0 Å². The minimum Gasteiger partial charge on any atom is -0.309 e. The molecule has 3 nitrogen and oxygen atoms in total. The largest absolute Gasteiger partial charge is 0.309 e. The molecule has 0 radical (unpaired) electrons. The Morgan fingerprint density at radius 2 is 0.836 bits per heavy atom. The highest BCUT2D eigenvalue weighted by Gasteiger charge is 2.16. The molecule has 11 rings (SSSR count). The summed E-state index contributed by atoms with van der Waals surface area (Å²) in [6.07, 6.45) is 0. The molecule has 0 saturated heterocycles. The quantitative estimate of drug-likeness (QED) is 0.167. The second kappa shape index (κ2) is 12.6. The maximum Gasteiger partial charge on any atom is 0.160 e. The van der Waals surface area contributed by atoms with Gasteiger partial charge < -0.3 is 4.57 Å². The van der Waals surface area contributed by atoms with Gasteiger partial charge in [0, 0.05) is 33.2 Å². The third-order valence-corrected chi connectivity index (χ3v) is 11.0. The van der Waals surface area contributed by atoms with Crippen LogP contribution in [0.15, 0.2) is 200 Å². The fourth-order valence-corrected chi connectivity index (χ4v) is 8.30. The van der Waals surface area contributed by atoms with Crippen molar-refractivity contribution in [2.45, 2.75) is 0 Å². The second-order valence-electron chi connectivity index (χ2n) is 14.2. The van der Waals surface area contributed by atoms with Gasteiger partial charge in [-0.15, -0.1) is 0 Å². The highest BCUT2D eigenvalue weighted by molar-refractivity contribution is 6.21. The number of benzene rings is 9. The van der Waals surface area contributed by atoms with E-state index in [1.807, 2.05) is 36.4 Å². The molecule has 9 aromatic carbocycles. The highest BCUT2D eigenvalue weighted by atomic mass is 15.0. The van der Waals surface area contributed by atoms with Crippen LogP contribution in [0.1, 0.15) is 0 Å². The van der Waals surface area contributed by atoms with Crippen LogP contribution in [-0.2, 0) is 0 Å². The van der Waals surface area contributed by atoms with E-state index in [1.165, 1.54) is 65.3 Å². The lowest BCUT2D eigenvalue weighted by Gasteiger charge is -2.12. The maximum absolute atomic E-state index is 5.06. The zero-order valence-corrected chi connectivity index (χ0v) is 29.9. The van der Waals surface area contributed by atoms with Crippen LogP contribution < -0.4 is 0 Å². The molecule has 0 N–H and O–H groups in total. The maximum atomic E-state index is 5.06. The van der Waals surface area contributed by atoms with Crippen LogP contribution in [0.2, 0.25) is 0 Å². The van der Waals surface area contributed by atoms with Crippen LogP contribution in [0.4, 0.5) is 0 Å². The summed E-state index contributed by atoms with van der Waals surface area (Å²) in [5, 5.41) is 10.1. The van der Waals surface area contributed by atoms with Crippen molar-refractivity contribution in [2.24, 2.45) is 0 Å². The number of rotatable bonds is 5. The first-order chi connectivity index (χ1) is 27.2. The Morgan fingerprint density at radius 3 is 1.55 bits per heavy atom. The van der Waals surface area contributed by atoms with Gasteiger partial charge >= 0.3 is 0 Å². The number of hydrogen-bond donors (Lipinski definition) is 0. The molecule has 0 aliphatic rings. The van der Waals surface area contributed by atoms with E-state index in [0.29, 0.717) is 5.82 Å². The Labute approximate surface area is 318 Å². The molecule has 0 bridgehead atoms. The fourth-order valence-electron chi connectivity index (χ4n) is 8.30. The molecule has 0 fully saturated rings. The van der Waals surface area contributed by atoms with Crippen molar-refractivity contribution < 1.29 is 0 Å². The first kappa shape index (κ1) is 31.2. The van der Waals surface area contributed by atoms with E-state index in [-0.39, 0.29) is 0 Å². The van der Waals surface area contributed by atoms with Crippen LogP contribution in [0, 0.1) is 0 Å². The van der Waals surface area contributed by atoms with Crippen molar-refractivity contribution in [1.29, 1.82) is 0 Å². The van der Waals surface area contributed by atoms with Crippen LogP contribution in [0.25, 0.3) is 105 Å². The number of aromatic nitrogens is 3. The zero-order valence-electron chi connectivity index (χ0n) is 29.9. The highest BCUT2D eigenvalue weighted by Crippen LogP contribution is 2.39. The molecule has 0 amide bonds. The number of nitrogens with zero attached hydrogens (tertiary/aromatic N) is 3. The van der Waals surface area contributed by atoms with Gasteiger partial charge in [0.25, 0.3) is 0 Å². The molecule has 2 heterocycles. The summed E-state index contributed by atoms with van der Waals surface area (Å²) in [7, 11) is 0. The molecular weight excluding hydrogens is 667 g/mol. The average molecular weight is 700 g/mol. The number of para-hydroxylation sites is 1. The molecule has 2 aromatic heterocycles. The van der Waals surface area contributed by atoms with Gasteiger partial charge in [0.15, 0.2) is 5.82 Å². The van der Waals surface area contributed by atoms with Crippen LogP contribution in [0.5, 0.6) is 0 Å². The summed E-state index contributed by atoms with van der Waals surface area (Å²) in [5.74, 6) is 0.704. The van der Waals surface area contributed by atoms with Gasteiger partial charge in [0.1, 0.15) is 0 Å². The molecular formula is C52H33N3. The molecule has 55 heavy (non-hydrogen) atoms. The molecule has 0 atom stereocenters. The van der Waals surface area contributed by atoms with Gasteiger partial charge in [-0.25, -0.2) is 9.97 Å². The molecule has 0 aliphatic carbocycles. The van der Waals surface area contributed by atoms with E-state index in [1.54, 1.807) is 0 Å². The topological polar surface area (TPSA) is 30.7 Å². The zero-order chi connectivity index (χ0) is 36.3. The van der Waals surface area contributed by atoms with Crippen molar-refractivity contribution in [1.82, 2.24) is 14.5 Å². The molecule has 0 spiro atoms. The minimum atomic E-state index is 0.704. The van der Waals surface area contributed by atoms with Crippen molar-refractivity contribution in [3.8, 4) is 50.7 Å². The molecule has 256 valence electrons. The van der Waals surface area contributed by atoms with Crippen LogP contribution in [0.3, 0.4) is 0 Å². The van der Waals surface area contributed by atoms with E-state index in [9.17, 15) is 0 Å². The molecule has 11 aromatic rings. The first-order valence-corrected chi connectivity index (χ1v) is 18.7. The Morgan fingerprint density at radius 1 is 0.309 bits per heavy atom. The molecule has 0 saturated carbocycles. The van der Waals surface area contributed by atoms with Crippen LogP contribution >= 0.6 is 0 Å². The lowest BCUT2D eigenvalue weighted by atomic mass is 9.95. The van der Waals surface area contributed by atoms with Crippen LogP contribution in [-0.4, -0.2) is 14.5 Å². The smallest absolute Gasteiger partial charge is 0.160 e. The summed E-state index contributed by atoms with van der Waals surface area (Å²) in [6.45, 7) is 0. The van der Waals surface area contributed by atoms with Crippen molar-refractivity contribution >= 4 is 54.1 Å². The Balaban J connectivity index is 1.01. The molecule has 3 heteroatoms.